The van der Waals surface area contributed by atoms with E-state index in [-0.39, 0.29) is 17.8 Å². The van der Waals surface area contributed by atoms with Crippen molar-refractivity contribution in [1.29, 1.82) is 0 Å². The molecule has 1 fully saturated rings. The predicted octanol–water partition coefficient (Wildman–Crippen LogP) is 0.952. The molecular weight excluding hydrogens is 238 g/mol. The van der Waals surface area contributed by atoms with E-state index in [0.717, 1.165) is 25.8 Å². The van der Waals surface area contributed by atoms with Crippen LogP contribution in [0.1, 0.15) is 40.0 Å². The predicted molar refractivity (Wildman–Crippen MR) is 69.8 cm³/mol. The first-order valence-electron chi connectivity index (χ1n) is 6.26. The minimum atomic E-state index is -3.02. The topological polar surface area (TPSA) is 66.4 Å². The highest BCUT2D eigenvalue weighted by Gasteiger charge is 2.41. The molecule has 1 aliphatic carbocycles. The van der Waals surface area contributed by atoms with Gasteiger partial charge in [0.1, 0.15) is 0 Å². The lowest BCUT2D eigenvalue weighted by Gasteiger charge is -2.20. The minimum absolute atomic E-state index is 0.186. The number of hydrogen-bond acceptors (Lipinski definition) is 4. The average molecular weight is 263 g/mol. The maximum Gasteiger partial charge on any atom is 0.156 e. The van der Waals surface area contributed by atoms with Gasteiger partial charge in [-0.3, -0.25) is 0 Å². The van der Waals surface area contributed by atoms with E-state index in [2.05, 4.69) is 5.32 Å². The standard InChI is InChI=1S/C12H25NO3S/c1-11(2,3)17(15,16)9-7-13-10-12(4-5-12)6-8-14/h13-14H,4-10H2,1-3H3. The molecule has 102 valence electrons. The van der Waals surface area contributed by atoms with E-state index in [0.29, 0.717) is 6.54 Å². The van der Waals surface area contributed by atoms with Crippen LogP contribution in [0.3, 0.4) is 0 Å². The first-order valence-corrected chi connectivity index (χ1v) is 7.92. The van der Waals surface area contributed by atoms with Crippen molar-refractivity contribution in [3.05, 3.63) is 0 Å². The third kappa shape index (κ3) is 4.23. The summed E-state index contributed by atoms with van der Waals surface area (Å²) < 4.78 is 23.0. The van der Waals surface area contributed by atoms with E-state index in [9.17, 15) is 8.42 Å². The fourth-order valence-electron chi connectivity index (χ4n) is 1.80. The van der Waals surface area contributed by atoms with Crippen LogP contribution in [0.15, 0.2) is 0 Å². The molecule has 17 heavy (non-hydrogen) atoms. The van der Waals surface area contributed by atoms with Gasteiger partial charge in [-0.2, -0.15) is 0 Å². The highest BCUT2D eigenvalue weighted by molar-refractivity contribution is 7.92. The van der Waals surface area contributed by atoms with Crippen molar-refractivity contribution in [2.45, 2.75) is 44.8 Å². The van der Waals surface area contributed by atoms with Crippen LogP contribution in [0.2, 0.25) is 0 Å². The third-order valence-corrected chi connectivity index (χ3v) is 6.19. The summed E-state index contributed by atoms with van der Waals surface area (Å²) in [6, 6.07) is 0. The zero-order chi connectivity index (χ0) is 13.2. The summed E-state index contributed by atoms with van der Waals surface area (Å²) in [5, 5.41) is 12.1. The summed E-state index contributed by atoms with van der Waals surface area (Å²) in [4.78, 5) is 0. The van der Waals surface area contributed by atoms with Crippen molar-refractivity contribution >= 4 is 9.84 Å². The molecule has 0 heterocycles. The second-order valence-electron chi connectivity index (χ2n) is 6.08. The van der Waals surface area contributed by atoms with Gasteiger partial charge in [0.05, 0.1) is 10.5 Å². The lowest BCUT2D eigenvalue weighted by molar-refractivity contribution is 0.246. The van der Waals surface area contributed by atoms with Crippen LogP contribution in [0.4, 0.5) is 0 Å². The third-order valence-electron chi connectivity index (χ3n) is 3.58. The van der Waals surface area contributed by atoms with Crippen molar-refractivity contribution < 1.29 is 13.5 Å². The molecule has 1 saturated carbocycles. The zero-order valence-electron chi connectivity index (χ0n) is 11.1. The Bertz CT molecular complexity index is 339. The van der Waals surface area contributed by atoms with Crippen LogP contribution < -0.4 is 5.32 Å². The van der Waals surface area contributed by atoms with E-state index < -0.39 is 14.6 Å². The molecule has 0 aromatic carbocycles. The van der Waals surface area contributed by atoms with Crippen LogP contribution >= 0.6 is 0 Å². The number of aliphatic hydroxyl groups excluding tert-OH is 1. The molecule has 0 aromatic rings. The highest BCUT2D eigenvalue weighted by Crippen LogP contribution is 2.47. The van der Waals surface area contributed by atoms with Gasteiger partial charge in [0.15, 0.2) is 9.84 Å². The van der Waals surface area contributed by atoms with Gasteiger partial charge in [0.2, 0.25) is 0 Å². The normalized spacial score (nSPS) is 19.3. The molecular formula is C12H25NO3S. The number of hydrogen-bond donors (Lipinski definition) is 2. The highest BCUT2D eigenvalue weighted by atomic mass is 32.2. The maximum absolute atomic E-state index is 11.8. The summed E-state index contributed by atoms with van der Waals surface area (Å²) >= 11 is 0. The second kappa shape index (κ2) is 5.24. The van der Waals surface area contributed by atoms with Gasteiger partial charge < -0.3 is 10.4 Å². The molecule has 0 atom stereocenters. The summed E-state index contributed by atoms with van der Waals surface area (Å²) in [7, 11) is -3.02. The Morgan fingerprint density at radius 3 is 2.29 bits per heavy atom. The molecule has 4 nitrogen and oxygen atoms in total. The van der Waals surface area contributed by atoms with E-state index >= 15 is 0 Å². The second-order valence-corrected chi connectivity index (χ2v) is 8.94. The van der Waals surface area contributed by atoms with Crippen molar-refractivity contribution in [3.63, 3.8) is 0 Å². The van der Waals surface area contributed by atoms with Crippen LogP contribution in [-0.2, 0) is 9.84 Å². The van der Waals surface area contributed by atoms with Crippen molar-refractivity contribution in [3.8, 4) is 0 Å². The summed E-state index contributed by atoms with van der Waals surface area (Å²) in [6.07, 6.45) is 3.12. The summed E-state index contributed by atoms with van der Waals surface area (Å²) in [5.41, 5.74) is 0.250. The van der Waals surface area contributed by atoms with Crippen LogP contribution in [0, 0.1) is 5.41 Å². The molecule has 1 rings (SSSR count). The number of rotatable bonds is 7. The van der Waals surface area contributed by atoms with E-state index in [1.165, 1.54) is 0 Å². The number of nitrogens with one attached hydrogen (secondary N) is 1. The van der Waals surface area contributed by atoms with Gasteiger partial charge in [-0.05, 0) is 45.4 Å². The largest absolute Gasteiger partial charge is 0.396 e. The van der Waals surface area contributed by atoms with E-state index in [1.54, 1.807) is 20.8 Å². The molecule has 0 radical (unpaired) electrons. The molecule has 2 N–H and O–H groups in total. The van der Waals surface area contributed by atoms with Crippen molar-refractivity contribution in [2.75, 3.05) is 25.4 Å². The molecule has 0 aliphatic heterocycles. The Hall–Kier alpha value is -0.130. The Morgan fingerprint density at radius 1 is 1.29 bits per heavy atom. The van der Waals surface area contributed by atoms with Crippen molar-refractivity contribution in [1.82, 2.24) is 5.32 Å². The Balaban J connectivity index is 2.25. The van der Waals surface area contributed by atoms with Crippen LogP contribution in [0.5, 0.6) is 0 Å². The van der Waals surface area contributed by atoms with Gasteiger partial charge in [-0.25, -0.2) is 8.42 Å². The Labute approximate surface area is 105 Å². The summed E-state index contributed by atoms with van der Waals surface area (Å²) in [5.74, 6) is 0.186. The first kappa shape index (κ1) is 14.9. The fraction of sp³-hybridized carbons (Fsp3) is 1.00. The zero-order valence-corrected chi connectivity index (χ0v) is 11.9. The minimum Gasteiger partial charge on any atom is -0.396 e. The van der Waals surface area contributed by atoms with Crippen LogP contribution in [-0.4, -0.2) is 43.7 Å². The fourth-order valence-corrected chi connectivity index (χ4v) is 2.82. The monoisotopic (exact) mass is 263 g/mol. The molecule has 5 heteroatoms. The lowest BCUT2D eigenvalue weighted by Crippen LogP contribution is -2.36. The van der Waals surface area contributed by atoms with Crippen molar-refractivity contribution in [2.24, 2.45) is 5.41 Å². The van der Waals surface area contributed by atoms with E-state index in [1.807, 2.05) is 0 Å². The average Bonchev–Trinajstić information content (AvgIpc) is 2.92. The van der Waals surface area contributed by atoms with Crippen LogP contribution in [0.25, 0.3) is 0 Å². The Morgan fingerprint density at radius 2 is 1.88 bits per heavy atom. The summed E-state index contributed by atoms with van der Waals surface area (Å²) in [6.45, 7) is 6.76. The maximum atomic E-state index is 11.8. The molecule has 0 unspecified atom stereocenters. The van der Waals surface area contributed by atoms with Gasteiger partial charge in [0.25, 0.3) is 0 Å². The SMILES string of the molecule is CC(C)(C)S(=O)(=O)CCNCC1(CCO)CC1. The molecule has 0 aromatic heterocycles. The Kier molecular flexibility index (Phi) is 4.60. The molecule has 1 aliphatic rings. The lowest BCUT2D eigenvalue weighted by atomic mass is 10.0. The van der Waals surface area contributed by atoms with Gasteiger partial charge in [0, 0.05) is 19.7 Å². The molecule has 0 spiro atoms. The molecule has 0 bridgehead atoms. The van der Waals surface area contributed by atoms with E-state index in [4.69, 9.17) is 5.11 Å². The molecule has 0 saturated heterocycles. The first-order chi connectivity index (χ1) is 7.72. The van der Waals surface area contributed by atoms with Gasteiger partial charge in [-0.1, -0.05) is 0 Å². The molecule has 0 amide bonds. The number of sulfone groups is 1. The van der Waals surface area contributed by atoms with Gasteiger partial charge in [-0.15, -0.1) is 0 Å². The smallest absolute Gasteiger partial charge is 0.156 e. The van der Waals surface area contributed by atoms with Gasteiger partial charge >= 0.3 is 0 Å². The number of aliphatic hydroxyl groups is 1. The quantitative estimate of drug-likeness (QED) is 0.671.